The quantitative estimate of drug-likeness (QED) is 0.619. The Kier molecular flexibility index (Phi) is 1.56. The maximum atomic E-state index is 5.61. The molecule has 0 spiro atoms. The van der Waals surface area contributed by atoms with Gasteiger partial charge in [-0.15, -0.1) is 11.3 Å². The minimum absolute atomic E-state index is 0.879. The number of aryl methyl sites for hydroxylation is 1. The molecule has 0 amide bonds. The van der Waals surface area contributed by atoms with Crippen molar-refractivity contribution >= 4 is 21.4 Å². The highest BCUT2D eigenvalue weighted by Crippen LogP contribution is 2.34. The molecule has 3 rings (SSSR count). The molecule has 1 aromatic heterocycles. The zero-order valence-corrected chi connectivity index (χ0v) is 8.06. The van der Waals surface area contributed by atoms with E-state index in [2.05, 4.69) is 23.6 Å². The van der Waals surface area contributed by atoms with Gasteiger partial charge in [-0.3, -0.25) is 0 Å². The Bertz CT molecular complexity index is 444. The highest BCUT2D eigenvalue weighted by atomic mass is 32.1. The fraction of sp³-hybridized carbons (Fsp3) is 0.273. The predicted octanol–water partition coefficient (Wildman–Crippen LogP) is 3.23. The maximum absolute atomic E-state index is 5.61. The minimum atomic E-state index is 0.879. The van der Waals surface area contributed by atoms with Gasteiger partial charge in [0.2, 0.25) is 0 Å². The summed E-state index contributed by atoms with van der Waals surface area (Å²) in [7, 11) is 0. The Balaban J connectivity index is 2.34. The lowest BCUT2D eigenvalue weighted by molar-refractivity contribution is 0.289. The fourth-order valence-electron chi connectivity index (χ4n) is 1.88. The normalized spacial score (nSPS) is 15.4. The van der Waals surface area contributed by atoms with Crippen molar-refractivity contribution in [3.63, 3.8) is 0 Å². The van der Waals surface area contributed by atoms with Crippen molar-refractivity contribution in [2.75, 3.05) is 6.61 Å². The molecule has 2 heterocycles. The molecule has 66 valence electrons. The molecule has 13 heavy (non-hydrogen) atoms. The Morgan fingerprint density at radius 1 is 1.23 bits per heavy atom. The molecule has 0 aliphatic carbocycles. The zero-order valence-electron chi connectivity index (χ0n) is 7.25. The number of hydrogen-bond acceptors (Lipinski definition) is 2. The molecular formula is C11H10OS. The standard InChI is InChI=1S/C11H10OS/c1-2-9-10(12-6-1)4-3-8-5-7-13-11(8)9/h3-5,7H,1-2,6H2. The van der Waals surface area contributed by atoms with Crippen LogP contribution in [-0.2, 0) is 6.42 Å². The van der Waals surface area contributed by atoms with Crippen LogP contribution in [0.15, 0.2) is 23.6 Å². The lowest BCUT2D eigenvalue weighted by Gasteiger charge is -2.17. The van der Waals surface area contributed by atoms with Crippen LogP contribution >= 0.6 is 11.3 Å². The molecule has 2 aromatic rings. The molecule has 1 aliphatic heterocycles. The topological polar surface area (TPSA) is 9.23 Å². The molecule has 1 aliphatic rings. The van der Waals surface area contributed by atoms with Crippen LogP contribution in [0.25, 0.3) is 10.1 Å². The summed E-state index contributed by atoms with van der Waals surface area (Å²) in [5, 5.41) is 3.51. The van der Waals surface area contributed by atoms with Gasteiger partial charge in [0.05, 0.1) is 6.61 Å². The van der Waals surface area contributed by atoms with E-state index in [9.17, 15) is 0 Å². The van der Waals surface area contributed by atoms with Crippen LogP contribution in [0.5, 0.6) is 5.75 Å². The third-order valence-electron chi connectivity index (χ3n) is 2.51. The summed E-state index contributed by atoms with van der Waals surface area (Å²) in [4.78, 5) is 0. The van der Waals surface area contributed by atoms with Gasteiger partial charge in [0.15, 0.2) is 0 Å². The second kappa shape index (κ2) is 2.74. The van der Waals surface area contributed by atoms with Gasteiger partial charge in [0, 0.05) is 10.3 Å². The first kappa shape index (κ1) is 7.39. The van der Waals surface area contributed by atoms with Crippen LogP contribution in [-0.4, -0.2) is 6.61 Å². The van der Waals surface area contributed by atoms with E-state index in [4.69, 9.17) is 4.74 Å². The highest BCUT2D eigenvalue weighted by Gasteiger charge is 2.13. The SMILES string of the molecule is c1cc2ccc3c(c2s1)CCCO3. The van der Waals surface area contributed by atoms with Crippen LogP contribution in [0.3, 0.4) is 0 Å². The predicted molar refractivity (Wildman–Crippen MR) is 55.6 cm³/mol. The Hall–Kier alpha value is -1.02. The van der Waals surface area contributed by atoms with Crippen LogP contribution in [0.1, 0.15) is 12.0 Å². The second-order valence-corrected chi connectivity index (χ2v) is 4.25. The zero-order chi connectivity index (χ0) is 8.67. The fourth-order valence-corrected chi connectivity index (χ4v) is 2.84. The van der Waals surface area contributed by atoms with Crippen LogP contribution in [0.4, 0.5) is 0 Å². The van der Waals surface area contributed by atoms with Crippen molar-refractivity contribution in [1.82, 2.24) is 0 Å². The van der Waals surface area contributed by atoms with Crippen molar-refractivity contribution in [3.8, 4) is 5.75 Å². The van der Waals surface area contributed by atoms with Gasteiger partial charge in [-0.25, -0.2) is 0 Å². The Morgan fingerprint density at radius 3 is 3.23 bits per heavy atom. The molecule has 0 fully saturated rings. The first-order chi connectivity index (χ1) is 6.45. The van der Waals surface area contributed by atoms with Crippen molar-refractivity contribution in [2.24, 2.45) is 0 Å². The molecular weight excluding hydrogens is 180 g/mol. The van der Waals surface area contributed by atoms with Crippen molar-refractivity contribution in [2.45, 2.75) is 12.8 Å². The minimum Gasteiger partial charge on any atom is -0.493 e. The Morgan fingerprint density at radius 2 is 2.23 bits per heavy atom. The molecule has 1 nitrogen and oxygen atoms in total. The maximum Gasteiger partial charge on any atom is 0.123 e. The number of thiophene rings is 1. The van der Waals surface area contributed by atoms with E-state index >= 15 is 0 Å². The summed E-state index contributed by atoms with van der Waals surface area (Å²) in [6.07, 6.45) is 2.33. The summed E-state index contributed by atoms with van der Waals surface area (Å²) < 4.78 is 7.02. The second-order valence-electron chi connectivity index (χ2n) is 3.33. The molecule has 0 unspecified atom stereocenters. The summed E-state index contributed by atoms with van der Waals surface area (Å²) in [5.74, 6) is 1.10. The van der Waals surface area contributed by atoms with E-state index in [-0.39, 0.29) is 0 Å². The molecule has 2 heteroatoms. The molecule has 0 saturated heterocycles. The number of fused-ring (bicyclic) bond motifs is 3. The largest absolute Gasteiger partial charge is 0.493 e. The average molecular weight is 190 g/mol. The summed E-state index contributed by atoms with van der Waals surface area (Å²) in [5.41, 5.74) is 1.42. The summed E-state index contributed by atoms with van der Waals surface area (Å²) in [6.45, 7) is 0.879. The van der Waals surface area contributed by atoms with E-state index < -0.39 is 0 Å². The smallest absolute Gasteiger partial charge is 0.123 e. The van der Waals surface area contributed by atoms with Crippen molar-refractivity contribution in [1.29, 1.82) is 0 Å². The van der Waals surface area contributed by atoms with Gasteiger partial charge >= 0.3 is 0 Å². The van der Waals surface area contributed by atoms with Gasteiger partial charge in [-0.05, 0) is 41.8 Å². The van der Waals surface area contributed by atoms with E-state index in [1.165, 1.54) is 22.1 Å². The molecule has 0 N–H and O–H groups in total. The Labute approximate surface area is 81.0 Å². The molecule has 0 bridgehead atoms. The monoisotopic (exact) mass is 190 g/mol. The van der Waals surface area contributed by atoms with Crippen LogP contribution in [0, 0.1) is 0 Å². The molecule has 0 saturated carbocycles. The first-order valence-electron chi connectivity index (χ1n) is 4.57. The van der Waals surface area contributed by atoms with Gasteiger partial charge < -0.3 is 4.74 Å². The summed E-state index contributed by atoms with van der Waals surface area (Å²) in [6, 6.07) is 6.43. The highest BCUT2D eigenvalue weighted by molar-refractivity contribution is 7.17. The average Bonchev–Trinajstić information content (AvgIpc) is 2.65. The van der Waals surface area contributed by atoms with Crippen molar-refractivity contribution in [3.05, 3.63) is 29.1 Å². The number of benzene rings is 1. The third-order valence-corrected chi connectivity index (χ3v) is 3.50. The van der Waals surface area contributed by atoms with Crippen molar-refractivity contribution < 1.29 is 4.74 Å². The lowest BCUT2D eigenvalue weighted by atomic mass is 10.0. The number of ether oxygens (including phenoxy) is 1. The van der Waals surface area contributed by atoms with Crippen LogP contribution < -0.4 is 4.74 Å². The molecule has 0 radical (unpaired) electrons. The summed E-state index contributed by atoms with van der Waals surface area (Å²) >= 11 is 1.82. The molecule has 1 aromatic carbocycles. The van der Waals surface area contributed by atoms with Gasteiger partial charge in [-0.1, -0.05) is 0 Å². The van der Waals surface area contributed by atoms with E-state index in [1.54, 1.807) is 0 Å². The van der Waals surface area contributed by atoms with Crippen LogP contribution in [0.2, 0.25) is 0 Å². The van der Waals surface area contributed by atoms with E-state index in [0.717, 1.165) is 18.8 Å². The first-order valence-corrected chi connectivity index (χ1v) is 5.45. The number of hydrogen-bond donors (Lipinski definition) is 0. The van der Waals surface area contributed by atoms with Gasteiger partial charge in [0.25, 0.3) is 0 Å². The lowest BCUT2D eigenvalue weighted by Crippen LogP contribution is -2.07. The van der Waals surface area contributed by atoms with E-state index in [0.29, 0.717) is 0 Å². The third kappa shape index (κ3) is 1.05. The van der Waals surface area contributed by atoms with Gasteiger partial charge in [0.1, 0.15) is 5.75 Å². The molecule has 0 atom stereocenters. The van der Waals surface area contributed by atoms with E-state index in [1.807, 2.05) is 11.3 Å². The van der Waals surface area contributed by atoms with Gasteiger partial charge in [-0.2, -0.15) is 0 Å². The number of rotatable bonds is 0.